The number of Topliss-reactive ketones (excluding diaryl/α,β-unsaturated/α-hetero) is 2. The van der Waals surface area contributed by atoms with Gasteiger partial charge in [0, 0.05) is 17.0 Å². The SMILES string of the molecule is CC(=O)c1ccc(C(=O)C2CCC2)cc1. The lowest BCUT2D eigenvalue weighted by Gasteiger charge is -2.23. The third-order valence-electron chi connectivity index (χ3n) is 3.05. The molecule has 2 nitrogen and oxygen atoms in total. The standard InChI is InChI=1S/C13H14O2/c1-9(14)10-5-7-12(8-6-10)13(15)11-3-2-4-11/h5-8,11H,2-4H2,1H3. The van der Waals surface area contributed by atoms with Gasteiger partial charge in [0.25, 0.3) is 0 Å². The lowest BCUT2D eigenvalue weighted by atomic mass is 9.80. The Bertz CT molecular complexity index is 386. The van der Waals surface area contributed by atoms with Gasteiger partial charge in [-0.1, -0.05) is 30.7 Å². The van der Waals surface area contributed by atoms with Crippen molar-refractivity contribution in [2.24, 2.45) is 5.92 Å². The van der Waals surface area contributed by atoms with Crippen LogP contribution in [-0.2, 0) is 0 Å². The molecule has 0 aliphatic heterocycles. The molecule has 0 unspecified atom stereocenters. The number of hydrogen-bond acceptors (Lipinski definition) is 2. The first kappa shape index (κ1) is 10.1. The maximum atomic E-state index is 11.8. The van der Waals surface area contributed by atoms with E-state index >= 15 is 0 Å². The normalized spacial score (nSPS) is 15.8. The maximum absolute atomic E-state index is 11.8. The number of benzene rings is 1. The van der Waals surface area contributed by atoms with E-state index in [0.29, 0.717) is 5.56 Å². The molecule has 0 atom stereocenters. The van der Waals surface area contributed by atoms with Gasteiger partial charge in [-0.15, -0.1) is 0 Å². The summed E-state index contributed by atoms with van der Waals surface area (Å²) in [5.74, 6) is 0.502. The molecule has 1 aliphatic carbocycles. The fourth-order valence-corrected chi connectivity index (χ4v) is 1.78. The highest BCUT2D eigenvalue weighted by Crippen LogP contribution is 2.29. The van der Waals surface area contributed by atoms with Crippen LogP contribution in [0, 0.1) is 5.92 Å². The quantitative estimate of drug-likeness (QED) is 0.706. The van der Waals surface area contributed by atoms with Crippen molar-refractivity contribution in [3.8, 4) is 0 Å². The molecule has 1 aliphatic rings. The van der Waals surface area contributed by atoms with Crippen LogP contribution in [0.15, 0.2) is 24.3 Å². The topological polar surface area (TPSA) is 34.1 Å². The summed E-state index contributed by atoms with van der Waals surface area (Å²) in [6.07, 6.45) is 3.21. The zero-order valence-corrected chi connectivity index (χ0v) is 8.82. The third kappa shape index (κ3) is 1.99. The van der Waals surface area contributed by atoms with Gasteiger partial charge in [-0.05, 0) is 19.8 Å². The van der Waals surface area contributed by atoms with Gasteiger partial charge in [0.1, 0.15) is 0 Å². The minimum absolute atomic E-state index is 0.0395. The Kier molecular flexibility index (Phi) is 2.67. The molecule has 2 heteroatoms. The van der Waals surface area contributed by atoms with Crippen molar-refractivity contribution in [3.63, 3.8) is 0 Å². The number of carbonyl (C=O) groups excluding carboxylic acids is 2. The zero-order valence-electron chi connectivity index (χ0n) is 8.82. The molecular weight excluding hydrogens is 188 g/mol. The Balaban J connectivity index is 2.15. The smallest absolute Gasteiger partial charge is 0.165 e. The van der Waals surface area contributed by atoms with Gasteiger partial charge in [0.15, 0.2) is 11.6 Å². The first-order valence-corrected chi connectivity index (χ1v) is 5.33. The summed E-state index contributed by atoms with van der Waals surface area (Å²) < 4.78 is 0. The average Bonchev–Trinajstić information content (AvgIpc) is 2.15. The third-order valence-corrected chi connectivity index (χ3v) is 3.05. The highest BCUT2D eigenvalue weighted by molar-refractivity contribution is 6.00. The first-order valence-electron chi connectivity index (χ1n) is 5.33. The van der Waals surface area contributed by atoms with Gasteiger partial charge in [-0.2, -0.15) is 0 Å². The first-order chi connectivity index (χ1) is 7.18. The second-order valence-electron chi connectivity index (χ2n) is 4.13. The number of ketones is 2. The molecule has 15 heavy (non-hydrogen) atoms. The lowest BCUT2D eigenvalue weighted by Crippen LogP contribution is -2.21. The summed E-state index contributed by atoms with van der Waals surface area (Å²) in [7, 11) is 0. The summed E-state index contributed by atoms with van der Waals surface area (Å²) in [6, 6.07) is 6.98. The number of carbonyl (C=O) groups is 2. The van der Waals surface area contributed by atoms with Crippen LogP contribution in [0.25, 0.3) is 0 Å². The van der Waals surface area contributed by atoms with E-state index in [1.165, 1.54) is 13.3 Å². The number of rotatable bonds is 3. The van der Waals surface area contributed by atoms with Gasteiger partial charge in [-0.25, -0.2) is 0 Å². The predicted octanol–water partition coefficient (Wildman–Crippen LogP) is 2.87. The maximum Gasteiger partial charge on any atom is 0.165 e. The van der Waals surface area contributed by atoms with Crippen molar-refractivity contribution in [1.82, 2.24) is 0 Å². The van der Waals surface area contributed by atoms with Crippen LogP contribution in [0.2, 0.25) is 0 Å². The Morgan fingerprint density at radius 1 is 1.07 bits per heavy atom. The van der Waals surface area contributed by atoms with Crippen LogP contribution in [0.4, 0.5) is 0 Å². The number of hydrogen-bond donors (Lipinski definition) is 0. The fourth-order valence-electron chi connectivity index (χ4n) is 1.78. The second-order valence-corrected chi connectivity index (χ2v) is 4.13. The largest absolute Gasteiger partial charge is 0.295 e. The van der Waals surface area contributed by atoms with Crippen molar-refractivity contribution >= 4 is 11.6 Å². The lowest BCUT2D eigenvalue weighted by molar-refractivity contribution is 0.0854. The molecule has 1 saturated carbocycles. The highest BCUT2D eigenvalue weighted by Gasteiger charge is 2.25. The Hall–Kier alpha value is -1.44. The predicted molar refractivity (Wildman–Crippen MR) is 58.1 cm³/mol. The van der Waals surface area contributed by atoms with E-state index in [0.717, 1.165) is 18.4 Å². The van der Waals surface area contributed by atoms with Crippen molar-refractivity contribution in [3.05, 3.63) is 35.4 Å². The van der Waals surface area contributed by atoms with E-state index in [4.69, 9.17) is 0 Å². The van der Waals surface area contributed by atoms with Crippen LogP contribution >= 0.6 is 0 Å². The van der Waals surface area contributed by atoms with E-state index in [2.05, 4.69) is 0 Å². The summed E-state index contributed by atoms with van der Waals surface area (Å²) in [4.78, 5) is 22.9. The molecule has 2 rings (SSSR count). The second kappa shape index (κ2) is 3.97. The van der Waals surface area contributed by atoms with Gasteiger partial charge in [-0.3, -0.25) is 9.59 Å². The van der Waals surface area contributed by atoms with E-state index in [1.54, 1.807) is 24.3 Å². The van der Waals surface area contributed by atoms with Crippen LogP contribution in [-0.4, -0.2) is 11.6 Å². The summed E-state index contributed by atoms with van der Waals surface area (Å²) >= 11 is 0. The molecular formula is C13H14O2. The Morgan fingerprint density at radius 2 is 1.60 bits per heavy atom. The Morgan fingerprint density at radius 3 is 2.00 bits per heavy atom. The molecule has 0 spiro atoms. The van der Waals surface area contributed by atoms with Crippen molar-refractivity contribution in [2.75, 3.05) is 0 Å². The van der Waals surface area contributed by atoms with Gasteiger partial charge >= 0.3 is 0 Å². The molecule has 78 valence electrons. The van der Waals surface area contributed by atoms with Crippen LogP contribution < -0.4 is 0 Å². The highest BCUT2D eigenvalue weighted by atomic mass is 16.1. The molecule has 0 heterocycles. The monoisotopic (exact) mass is 202 g/mol. The molecule has 0 amide bonds. The Labute approximate surface area is 89.3 Å². The van der Waals surface area contributed by atoms with E-state index in [9.17, 15) is 9.59 Å². The van der Waals surface area contributed by atoms with Crippen molar-refractivity contribution in [1.29, 1.82) is 0 Å². The molecule has 0 N–H and O–H groups in total. The summed E-state index contributed by atoms with van der Waals surface area (Å²) in [5.41, 5.74) is 1.41. The van der Waals surface area contributed by atoms with E-state index < -0.39 is 0 Å². The van der Waals surface area contributed by atoms with E-state index in [1.807, 2.05) is 0 Å². The zero-order chi connectivity index (χ0) is 10.8. The van der Waals surface area contributed by atoms with Gasteiger partial charge < -0.3 is 0 Å². The molecule has 1 aromatic rings. The molecule has 0 saturated heterocycles. The average molecular weight is 202 g/mol. The van der Waals surface area contributed by atoms with Crippen molar-refractivity contribution < 1.29 is 9.59 Å². The summed E-state index contributed by atoms with van der Waals surface area (Å²) in [5, 5.41) is 0. The van der Waals surface area contributed by atoms with Crippen LogP contribution in [0.5, 0.6) is 0 Å². The molecule has 1 aromatic carbocycles. The minimum atomic E-state index is 0.0395. The van der Waals surface area contributed by atoms with Gasteiger partial charge in [0.05, 0.1) is 0 Å². The molecule has 1 fully saturated rings. The van der Waals surface area contributed by atoms with Crippen LogP contribution in [0.1, 0.15) is 46.9 Å². The fraction of sp³-hybridized carbons (Fsp3) is 0.385. The van der Waals surface area contributed by atoms with Crippen LogP contribution in [0.3, 0.4) is 0 Å². The molecule has 0 aromatic heterocycles. The molecule has 0 radical (unpaired) electrons. The minimum Gasteiger partial charge on any atom is -0.295 e. The summed E-state index contributed by atoms with van der Waals surface area (Å²) in [6.45, 7) is 1.53. The van der Waals surface area contributed by atoms with Gasteiger partial charge in [0.2, 0.25) is 0 Å². The van der Waals surface area contributed by atoms with E-state index in [-0.39, 0.29) is 17.5 Å². The van der Waals surface area contributed by atoms with Crippen molar-refractivity contribution in [2.45, 2.75) is 26.2 Å². The molecule has 0 bridgehead atoms.